The fourth-order valence-corrected chi connectivity index (χ4v) is 4.10. The lowest BCUT2D eigenvalue weighted by Crippen LogP contribution is -2.01. The summed E-state index contributed by atoms with van der Waals surface area (Å²) in [4.78, 5) is 20.8. The molecule has 3 rings (SSSR count). The quantitative estimate of drug-likeness (QED) is 0.550. The average molecular weight is 337 g/mol. The second-order valence-electron chi connectivity index (χ2n) is 4.13. The van der Waals surface area contributed by atoms with Gasteiger partial charge in [0.05, 0.1) is 5.02 Å². The molecule has 4 N–H and O–H groups in total. The minimum Gasteiger partial charge on any atom is -0.383 e. The predicted octanol–water partition coefficient (Wildman–Crippen LogP) is 3.44. The van der Waals surface area contributed by atoms with Crippen molar-refractivity contribution in [3.63, 3.8) is 0 Å². The van der Waals surface area contributed by atoms with Crippen LogP contribution in [0.2, 0.25) is 5.02 Å². The molecule has 0 atom stereocenters. The normalized spacial score (nSPS) is 10.9. The van der Waals surface area contributed by atoms with Gasteiger partial charge in [0.1, 0.15) is 16.5 Å². The van der Waals surface area contributed by atoms with Crippen LogP contribution in [0.25, 0.3) is 10.1 Å². The highest BCUT2D eigenvalue weighted by Gasteiger charge is 2.19. The molecule has 0 spiro atoms. The van der Waals surface area contributed by atoms with Crippen molar-refractivity contribution in [1.29, 1.82) is 0 Å². The molecule has 5 nitrogen and oxygen atoms in total. The van der Waals surface area contributed by atoms with E-state index in [1.165, 1.54) is 17.4 Å². The van der Waals surface area contributed by atoms with Crippen molar-refractivity contribution in [2.75, 3.05) is 11.5 Å². The fourth-order valence-electron chi connectivity index (χ4n) is 1.78. The van der Waals surface area contributed by atoms with Gasteiger partial charge in [-0.05, 0) is 17.8 Å². The van der Waals surface area contributed by atoms with Gasteiger partial charge in [0.2, 0.25) is 5.12 Å². The number of rotatable bonds is 2. The van der Waals surface area contributed by atoms with Gasteiger partial charge >= 0.3 is 0 Å². The molecule has 0 saturated carbocycles. The number of nitrogens with two attached hydrogens (primary N) is 2. The summed E-state index contributed by atoms with van der Waals surface area (Å²) in [5.41, 5.74) is 11.2. The van der Waals surface area contributed by atoms with E-state index in [-0.39, 0.29) is 21.9 Å². The number of carbonyl (C=O) groups excluding carboxylic acids is 1. The number of thiophene rings is 1. The van der Waals surface area contributed by atoms with Gasteiger partial charge < -0.3 is 11.5 Å². The molecule has 0 amide bonds. The number of hydrogen-bond acceptors (Lipinski definition) is 7. The van der Waals surface area contributed by atoms with Crippen LogP contribution >= 0.6 is 34.7 Å². The number of carbonyl (C=O) groups is 1. The van der Waals surface area contributed by atoms with E-state index < -0.39 is 0 Å². The molecule has 0 saturated heterocycles. The zero-order chi connectivity index (χ0) is 15.0. The number of thioether (sulfide) groups is 1. The first-order valence-corrected chi connectivity index (χ1v) is 7.85. The first-order chi connectivity index (χ1) is 10.0. The first-order valence-electron chi connectivity index (χ1n) is 5.84. The van der Waals surface area contributed by atoms with Crippen LogP contribution in [0.3, 0.4) is 0 Å². The number of benzene rings is 1. The highest BCUT2D eigenvalue weighted by molar-refractivity contribution is 8.14. The second-order valence-corrected chi connectivity index (χ2v) is 6.50. The van der Waals surface area contributed by atoms with Crippen molar-refractivity contribution in [3.05, 3.63) is 40.2 Å². The SMILES string of the molecule is Nc1cc(N)nc(SC(=O)c2sc3ccccc3c2Cl)n1. The Morgan fingerprint density at radius 1 is 1.19 bits per heavy atom. The molecule has 1 aromatic carbocycles. The van der Waals surface area contributed by atoms with Crippen LogP contribution in [0.4, 0.5) is 11.6 Å². The lowest BCUT2D eigenvalue weighted by Gasteiger charge is -2.01. The molecule has 21 heavy (non-hydrogen) atoms. The lowest BCUT2D eigenvalue weighted by molar-refractivity contribution is 0.109. The Bertz CT molecular complexity index is 829. The molecule has 0 aliphatic carbocycles. The first kappa shape index (κ1) is 14.1. The third kappa shape index (κ3) is 2.80. The summed E-state index contributed by atoms with van der Waals surface area (Å²) in [5.74, 6) is 0.445. The average Bonchev–Trinajstić information content (AvgIpc) is 2.76. The topological polar surface area (TPSA) is 94.9 Å². The summed E-state index contributed by atoms with van der Waals surface area (Å²) in [6.45, 7) is 0. The van der Waals surface area contributed by atoms with Gasteiger partial charge in [-0.3, -0.25) is 4.79 Å². The summed E-state index contributed by atoms with van der Waals surface area (Å²) in [6, 6.07) is 9.01. The monoisotopic (exact) mass is 336 g/mol. The molecule has 3 aromatic rings. The Morgan fingerprint density at radius 3 is 2.52 bits per heavy atom. The van der Waals surface area contributed by atoms with E-state index in [1.807, 2.05) is 24.3 Å². The molecule has 0 bridgehead atoms. The minimum atomic E-state index is -0.230. The molecule has 0 radical (unpaired) electrons. The molecule has 0 fully saturated rings. The maximum atomic E-state index is 12.4. The standard InChI is InChI=1S/C13H9ClN4OS2/c14-10-6-3-1-2-4-7(6)20-11(10)12(19)21-13-17-8(15)5-9(16)18-13/h1-5H,(H4,15,16,17,18). The number of halogens is 1. The molecule has 0 aliphatic heterocycles. The van der Waals surface area contributed by atoms with Crippen molar-refractivity contribution in [2.24, 2.45) is 0 Å². The van der Waals surface area contributed by atoms with E-state index in [0.717, 1.165) is 21.8 Å². The van der Waals surface area contributed by atoms with Crippen LogP contribution in [0, 0.1) is 0 Å². The maximum Gasteiger partial charge on any atom is 0.238 e. The highest BCUT2D eigenvalue weighted by Crippen LogP contribution is 2.38. The van der Waals surface area contributed by atoms with Gasteiger partial charge in [-0.25, -0.2) is 9.97 Å². The molecule has 106 valence electrons. The summed E-state index contributed by atoms with van der Waals surface area (Å²) in [7, 11) is 0. The zero-order valence-corrected chi connectivity index (χ0v) is 12.9. The number of fused-ring (bicyclic) bond motifs is 1. The number of aromatic nitrogens is 2. The summed E-state index contributed by atoms with van der Waals surface area (Å²) >= 11 is 8.47. The third-order valence-electron chi connectivity index (χ3n) is 2.65. The summed E-state index contributed by atoms with van der Waals surface area (Å²) in [5, 5.41) is 1.29. The van der Waals surface area contributed by atoms with Gasteiger partial charge in [0, 0.05) is 16.2 Å². The summed E-state index contributed by atoms with van der Waals surface area (Å²) < 4.78 is 0.958. The van der Waals surface area contributed by atoms with Gasteiger partial charge in [0.25, 0.3) is 0 Å². The maximum absolute atomic E-state index is 12.4. The molecule has 2 aromatic heterocycles. The smallest absolute Gasteiger partial charge is 0.238 e. The van der Waals surface area contributed by atoms with Crippen LogP contribution in [0.5, 0.6) is 0 Å². The molecule has 2 heterocycles. The number of hydrogen-bond donors (Lipinski definition) is 2. The van der Waals surface area contributed by atoms with E-state index in [4.69, 9.17) is 23.1 Å². The van der Waals surface area contributed by atoms with Gasteiger partial charge in [-0.1, -0.05) is 29.8 Å². The number of anilines is 2. The van der Waals surface area contributed by atoms with Crippen molar-refractivity contribution in [3.8, 4) is 0 Å². The van der Waals surface area contributed by atoms with Crippen molar-refractivity contribution >= 4 is 61.5 Å². The minimum absolute atomic E-state index is 0.214. The van der Waals surface area contributed by atoms with Crippen LogP contribution in [-0.4, -0.2) is 15.1 Å². The molecule has 0 unspecified atom stereocenters. The van der Waals surface area contributed by atoms with Crippen molar-refractivity contribution in [1.82, 2.24) is 9.97 Å². The van der Waals surface area contributed by atoms with E-state index in [0.29, 0.717) is 9.90 Å². The molecular formula is C13H9ClN4OS2. The van der Waals surface area contributed by atoms with Crippen LogP contribution < -0.4 is 11.5 Å². The molecule has 0 aliphatic rings. The number of nitrogens with zero attached hydrogens (tertiary/aromatic N) is 2. The van der Waals surface area contributed by atoms with Gasteiger partial charge in [0.15, 0.2) is 5.16 Å². The van der Waals surface area contributed by atoms with Crippen molar-refractivity contribution in [2.45, 2.75) is 5.16 Å². The Kier molecular flexibility index (Phi) is 3.71. The molecule has 8 heteroatoms. The lowest BCUT2D eigenvalue weighted by atomic mass is 10.2. The van der Waals surface area contributed by atoms with Crippen LogP contribution in [0.1, 0.15) is 9.67 Å². The van der Waals surface area contributed by atoms with E-state index in [9.17, 15) is 4.79 Å². The molecular weight excluding hydrogens is 328 g/mol. The zero-order valence-electron chi connectivity index (χ0n) is 10.5. The van der Waals surface area contributed by atoms with E-state index >= 15 is 0 Å². The number of nitrogen functional groups attached to an aromatic ring is 2. The Morgan fingerprint density at radius 2 is 1.86 bits per heavy atom. The fraction of sp³-hybridized carbons (Fsp3) is 0. The van der Waals surface area contributed by atoms with Crippen molar-refractivity contribution < 1.29 is 4.79 Å². The Hall–Kier alpha value is -1.83. The van der Waals surface area contributed by atoms with E-state index in [2.05, 4.69) is 9.97 Å². The van der Waals surface area contributed by atoms with Crippen LogP contribution in [-0.2, 0) is 0 Å². The third-order valence-corrected chi connectivity index (χ3v) is 5.21. The van der Waals surface area contributed by atoms with Gasteiger partial charge in [-0.15, -0.1) is 11.3 Å². The Balaban J connectivity index is 1.95. The predicted molar refractivity (Wildman–Crippen MR) is 87.9 cm³/mol. The van der Waals surface area contributed by atoms with Gasteiger partial charge in [-0.2, -0.15) is 0 Å². The summed E-state index contributed by atoms with van der Waals surface area (Å²) in [6.07, 6.45) is 0. The van der Waals surface area contributed by atoms with E-state index in [1.54, 1.807) is 0 Å². The highest BCUT2D eigenvalue weighted by atomic mass is 35.5. The largest absolute Gasteiger partial charge is 0.383 e. The Labute approximate surface area is 133 Å². The van der Waals surface area contributed by atoms with Crippen LogP contribution in [0.15, 0.2) is 35.5 Å². The second kappa shape index (κ2) is 5.51.